The van der Waals surface area contributed by atoms with E-state index in [9.17, 15) is 14.7 Å². The van der Waals surface area contributed by atoms with E-state index < -0.39 is 5.92 Å². The Hall–Kier alpha value is -4.19. The largest absolute Gasteiger partial charge is 0.511 e. The maximum atomic E-state index is 13.5. The number of amides is 1. The number of carbonyl (C=O) groups excluding carboxylic acids is 2. The van der Waals surface area contributed by atoms with Crippen LogP contribution >= 0.6 is 0 Å². The van der Waals surface area contributed by atoms with Crippen LogP contribution < -0.4 is 5.32 Å². The van der Waals surface area contributed by atoms with Gasteiger partial charge in [-0.05, 0) is 35.7 Å². The van der Waals surface area contributed by atoms with Crippen LogP contribution in [0, 0.1) is 0 Å². The van der Waals surface area contributed by atoms with Crippen LogP contribution in [0.3, 0.4) is 0 Å². The standard InChI is InChI=1S/C29H27N3O3/c1-18(33)30-16-14-21-20-11-5-6-12-23(20)32-28(21)26(24-13-7-8-15-31-24)27-25(34)17-22(29(27)35)19-9-3-2-4-10-19/h2-13,15,22,26,32,35H,14,16-17H2,1H3,(H,30,33). The summed E-state index contributed by atoms with van der Waals surface area (Å²) in [6, 6.07) is 23.2. The van der Waals surface area contributed by atoms with Gasteiger partial charge >= 0.3 is 0 Å². The summed E-state index contributed by atoms with van der Waals surface area (Å²) < 4.78 is 0. The Morgan fingerprint density at radius 2 is 1.83 bits per heavy atom. The van der Waals surface area contributed by atoms with Gasteiger partial charge < -0.3 is 15.4 Å². The van der Waals surface area contributed by atoms with Crippen molar-refractivity contribution >= 4 is 22.6 Å². The summed E-state index contributed by atoms with van der Waals surface area (Å²) >= 11 is 0. The van der Waals surface area contributed by atoms with E-state index in [-0.39, 0.29) is 29.8 Å². The van der Waals surface area contributed by atoms with Crippen molar-refractivity contribution in [2.75, 3.05) is 6.54 Å². The molecule has 2 aromatic heterocycles. The number of H-pyrrole nitrogens is 1. The van der Waals surface area contributed by atoms with E-state index in [0.717, 1.165) is 27.7 Å². The number of aliphatic hydroxyl groups is 1. The third-order valence-corrected chi connectivity index (χ3v) is 6.65. The average Bonchev–Trinajstić information content (AvgIpc) is 3.38. The van der Waals surface area contributed by atoms with Gasteiger partial charge in [-0.1, -0.05) is 54.6 Å². The number of fused-ring (bicyclic) bond motifs is 1. The fourth-order valence-corrected chi connectivity index (χ4v) is 5.08. The minimum atomic E-state index is -0.558. The molecule has 3 N–H and O–H groups in total. The van der Waals surface area contributed by atoms with Crippen molar-refractivity contribution in [3.63, 3.8) is 0 Å². The first kappa shape index (κ1) is 22.6. The molecule has 1 aliphatic rings. The Balaban J connectivity index is 1.69. The molecule has 2 unspecified atom stereocenters. The van der Waals surface area contributed by atoms with Gasteiger partial charge in [0, 0.05) is 54.2 Å². The number of rotatable bonds is 7. The second-order valence-corrected chi connectivity index (χ2v) is 8.87. The van der Waals surface area contributed by atoms with Crippen LogP contribution in [-0.2, 0) is 16.0 Å². The van der Waals surface area contributed by atoms with Gasteiger partial charge in [0.05, 0.1) is 11.6 Å². The molecule has 1 aliphatic carbocycles. The van der Waals surface area contributed by atoms with Crippen LogP contribution in [0.25, 0.3) is 10.9 Å². The third kappa shape index (κ3) is 4.35. The van der Waals surface area contributed by atoms with E-state index in [2.05, 4.69) is 15.3 Å². The molecule has 176 valence electrons. The Kier molecular flexibility index (Phi) is 6.19. The first-order valence-electron chi connectivity index (χ1n) is 11.8. The minimum absolute atomic E-state index is 0.0847. The highest BCUT2D eigenvalue weighted by Crippen LogP contribution is 2.45. The second kappa shape index (κ2) is 9.58. The molecule has 0 fully saturated rings. The fraction of sp³-hybridized carbons (Fsp3) is 0.207. The summed E-state index contributed by atoms with van der Waals surface area (Å²) in [5.74, 6) is -1.01. The number of aliphatic hydroxyl groups excluding tert-OH is 1. The zero-order chi connectivity index (χ0) is 24.4. The topological polar surface area (TPSA) is 95.1 Å². The van der Waals surface area contributed by atoms with Crippen LogP contribution in [0.4, 0.5) is 0 Å². The van der Waals surface area contributed by atoms with E-state index in [4.69, 9.17) is 0 Å². The SMILES string of the molecule is CC(=O)NCCc1c(C(C2=C(O)C(c3ccccc3)CC2=O)c2ccccn2)[nH]c2ccccc12. The van der Waals surface area contributed by atoms with Crippen molar-refractivity contribution in [3.8, 4) is 0 Å². The number of nitrogens with one attached hydrogen (secondary N) is 2. The lowest BCUT2D eigenvalue weighted by molar-refractivity contribution is -0.119. The number of aromatic nitrogens is 2. The quantitative estimate of drug-likeness (QED) is 0.360. The highest BCUT2D eigenvalue weighted by atomic mass is 16.3. The summed E-state index contributed by atoms with van der Waals surface area (Å²) in [5.41, 5.74) is 4.73. The molecule has 0 bridgehead atoms. The highest BCUT2D eigenvalue weighted by molar-refractivity contribution is 6.02. The van der Waals surface area contributed by atoms with Crippen LogP contribution in [0.2, 0.25) is 0 Å². The number of para-hydroxylation sites is 1. The number of hydrogen-bond donors (Lipinski definition) is 3. The summed E-state index contributed by atoms with van der Waals surface area (Å²) in [6.07, 6.45) is 2.50. The van der Waals surface area contributed by atoms with Crippen LogP contribution in [0.5, 0.6) is 0 Å². The molecule has 1 amide bonds. The molecule has 2 heterocycles. The minimum Gasteiger partial charge on any atom is -0.511 e. The van der Waals surface area contributed by atoms with Gasteiger partial charge in [0.1, 0.15) is 5.76 Å². The van der Waals surface area contributed by atoms with Crippen LogP contribution in [0.15, 0.2) is 90.3 Å². The number of ketones is 1. The monoisotopic (exact) mass is 465 g/mol. The zero-order valence-electron chi connectivity index (χ0n) is 19.5. The van der Waals surface area contributed by atoms with E-state index in [0.29, 0.717) is 24.2 Å². The molecule has 2 atom stereocenters. The number of allylic oxidation sites excluding steroid dienone is 2. The smallest absolute Gasteiger partial charge is 0.216 e. The number of hydrogen-bond acceptors (Lipinski definition) is 4. The number of benzene rings is 2. The first-order valence-corrected chi connectivity index (χ1v) is 11.8. The van der Waals surface area contributed by atoms with Crippen LogP contribution in [0.1, 0.15) is 47.7 Å². The normalized spacial score (nSPS) is 16.6. The molecule has 2 aromatic carbocycles. The van der Waals surface area contributed by atoms with Crippen molar-refractivity contribution in [2.24, 2.45) is 0 Å². The number of nitrogens with zero attached hydrogens (tertiary/aromatic N) is 1. The lowest BCUT2D eigenvalue weighted by atomic mass is 9.87. The Morgan fingerprint density at radius 1 is 1.09 bits per heavy atom. The molecule has 0 spiro atoms. The average molecular weight is 466 g/mol. The molecule has 0 aliphatic heterocycles. The molecule has 6 heteroatoms. The van der Waals surface area contributed by atoms with Gasteiger partial charge in [-0.15, -0.1) is 0 Å². The van der Waals surface area contributed by atoms with Gasteiger partial charge in [-0.3, -0.25) is 14.6 Å². The van der Waals surface area contributed by atoms with Gasteiger partial charge in [0.2, 0.25) is 5.91 Å². The molecule has 0 radical (unpaired) electrons. The zero-order valence-corrected chi connectivity index (χ0v) is 19.5. The number of pyridine rings is 1. The number of carbonyl (C=O) groups is 2. The van der Waals surface area contributed by atoms with Gasteiger partial charge in [0.15, 0.2) is 5.78 Å². The van der Waals surface area contributed by atoms with Crippen molar-refractivity contribution in [3.05, 3.63) is 113 Å². The summed E-state index contributed by atoms with van der Waals surface area (Å²) in [6.45, 7) is 1.96. The van der Waals surface area contributed by atoms with E-state index >= 15 is 0 Å². The third-order valence-electron chi connectivity index (χ3n) is 6.65. The molecular formula is C29H27N3O3. The van der Waals surface area contributed by atoms with Crippen LogP contribution in [-0.4, -0.2) is 33.3 Å². The maximum absolute atomic E-state index is 13.5. The van der Waals surface area contributed by atoms with Gasteiger partial charge in [-0.2, -0.15) is 0 Å². The summed E-state index contributed by atoms with van der Waals surface area (Å²) in [5, 5.41) is 15.3. The molecule has 5 rings (SSSR count). The molecule has 35 heavy (non-hydrogen) atoms. The number of aromatic amines is 1. The van der Waals surface area contributed by atoms with E-state index in [1.165, 1.54) is 6.92 Å². The first-order chi connectivity index (χ1) is 17.0. The summed E-state index contributed by atoms with van der Waals surface area (Å²) in [4.78, 5) is 33.1. The van der Waals surface area contributed by atoms with Crippen molar-refractivity contribution < 1.29 is 14.7 Å². The molecule has 6 nitrogen and oxygen atoms in total. The highest BCUT2D eigenvalue weighted by Gasteiger charge is 2.40. The second-order valence-electron chi connectivity index (χ2n) is 8.87. The maximum Gasteiger partial charge on any atom is 0.216 e. The molecular weight excluding hydrogens is 438 g/mol. The van der Waals surface area contributed by atoms with Crippen molar-refractivity contribution in [1.29, 1.82) is 0 Å². The van der Waals surface area contributed by atoms with E-state index in [1.807, 2.05) is 72.8 Å². The van der Waals surface area contributed by atoms with Crippen molar-refractivity contribution in [1.82, 2.24) is 15.3 Å². The molecule has 4 aromatic rings. The Morgan fingerprint density at radius 3 is 2.57 bits per heavy atom. The van der Waals surface area contributed by atoms with Gasteiger partial charge in [-0.25, -0.2) is 0 Å². The number of Topliss-reactive ketones (excluding diaryl/α,β-unsaturated/α-hetero) is 1. The van der Waals surface area contributed by atoms with E-state index in [1.54, 1.807) is 6.20 Å². The lowest BCUT2D eigenvalue weighted by Gasteiger charge is -2.19. The predicted molar refractivity (Wildman–Crippen MR) is 135 cm³/mol. The Labute approximate surface area is 203 Å². The van der Waals surface area contributed by atoms with Gasteiger partial charge in [0.25, 0.3) is 0 Å². The summed E-state index contributed by atoms with van der Waals surface area (Å²) in [7, 11) is 0. The molecule has 0 saturated heterocycles. The van der Waals surface area contributed by atoms with Crippen molar-refractivity contribution in [2.45, 2.75) is 31.6 Å². The molecule has 0 saturated carbocycles. The predicted octanol–water partition coefficient (Wildman–Crippen LogP) is 4.94. The lowest BCUT2D eigenvalue weighted by Crippen LogP contribution is -2.23. The fourth-order valence-electron chi connectivity index (χ4n) is 5.08. The Bertz CT molecular complexity index is 1410.